The van der Waals surface area contributed by atoms with Crippen molar-refractivity contribution in [1.82, 2.24) is 0 Å². The van der Waals surface area contributed by atoms with Crippen LogP contribution >= 0.6 is 0 Å². The van der Waals surface area contributed by atoms with E-state index in [1.165, 1.54) is 50.6 Å². The summed E-state index contributed by atoms with van der Waals surface area (Å²) in [6.45, 7) is 20.1. The molecule has 0 bridgehead atoms. The molecule has 0 aliphatic rings. The molecule has 0 radical (unpaired) electrons. The number of methoxy groups -OCH3 is 2. The van der Waals surface area contributed by atoms with Gasteiger partial charge >= 0.3 is 57.3 Å². The minimum absolute atomic E-state index is 0. The molecule has 0 spiro atoms. The molecule has 42 heavy (non-hydrogen) atoms. The Labute approximate surface area is 289 Å². The molecular weight excluding hydrogens is 593 g/mol. The van der Waals surface area contributed by atoms with Crippen LogP contribution < -0.4 is 66.0 Å². The van der Waals surface area contributed by atoms with E-state index in [0.29, 0.717) is 17.4 Å². The predicted molar refractivity (Wildman–Crippen MR) is 151 cm³/mol. The first-order valence-electron chi connectivity index (χ1n) is 11.9. The Kier molecular flexibility index (Phi) is 20.8. The molecule has 12 heteroatoms. The zero-order chi connectivity index (χ0) is 31.6. The summed E-state index contributed by atoms with van der Waals surface area (Å²) in [5.41, 5.74) is 1.23. The normalized spacial score (nSPS) is 9.79. The molecule has 8 nitrogen and oxygen atoms in total. The fraction of sp³-hybridized carbons (Fsp3) is 0.300. The molecule has 0 amide bonds. The fourth-order valence-electron chi connectivity index (χ4n) is 2.56. The van der Waals surface area contributed by atoms with Gasteiger partial charge in [0.2, 0.25) is 6.54 Å². The first-order chi connectivity index (χ1) is 19.1. The number of aryl methyl sites for hydroxylation is 1. The van der Waals surface area contributed by atoms with Crippen LogP contribution in [0.25, 0.3) is 9.69 Å². The molecule has 3 aromatic rings. The summed E-state index contributed by atoms with van der Waals surface area (Å²) in [5, 5.41) is 10.1. The smallest absolute Gasteiger partial charge is 0.850 e. The van der Waals surface area contributed by atoms with Gasteiger partial charge in [-0.2, -0.15) is 0 Å². The van der Waals surface area contributed by atoms with Gasteiger partial charge in [0.1, 0.15) is 6.29 Å². The number of hydrogen-bond donors (Lipinski definition) is 0. The minimum Gasteiger partial charge on any atom is -0.850 e. The Morgan fingerprint density at radius 1 is 0.881 bits per heavy atom. The molecule has 0 aliphatic heterocycles. The molecule has 0 heterocycles. The van der Waals surface area contributed by atoms with Crippen LogP contribution in [0.4, 0.5) is 8.78 Å². The Balaban J connectivity index is 0. The summed E-state index contributed by atoms with van der Waals surface area (Å²) in [7, 11) is -0.598. The molecule has 3 aromatic carbocycles. The summed E-state index contributed by atoms with van der Waals surface area (Å²) in [4.78, 5) is 16.4. The van der Waals surface area contributed by atoms with Gasteiger partial charge in [-0.3, -0.25) is 9.64 Å². The van der Waals surface area contributed by atoms with Crippen molar-refractivity contribution in [1.29, 1.82) is 0 Å². The number of aldehydes is 1. The number of ether oxygens (including phenoxy) is 2. The summed E-state index contributed by atoms with van der Waals surface area (Å²) >= 11 is 0. The van der Waals surface area contributed by atoms with Crippen LogP contribution in [0.2, 0.25) is 0 Å². The maximum Gasteiger partial charge on any atom is 1.00 e. The van der Waals surface area contributed by atoms with E-state index in [9.17, 15) is 27.1 Å². The van der Waals surface area contributed by atoms with E-state index in [2.05, 4.69) is 14.4 Å². The summed E-state index contributed by atoms with van der Waals surface area (Å²) < 4.78 is 57.7. The van der Waals surface area contributed by atoms with Gasteiger partial charge in [0, 0.05) is 11.1 Å². The number of carbonyl (C=O) groups excluding carboxylic acids is 1. The van der Waals surface area contributed by atoms with E-state index < -0.39 is 32.9 Å². The van der Waals surface area contributed by atoms with Gasteiger partial charge in [-0.15, -0.1) is 5.60 Å². The standard InChI is InChI=1S/C9H8FNO.C9H9NO2S.C8H7FO2.C4H9O.K/c1-11-6-7-3-4-9(12-2)8(10)5-7;1-8-3-5-9(6-4-8)13(11,12)7-10-2;1-11-8-3-2-6(5-10)4-7(8)9;1-4(2,3)5;/h3-5H,6H2,2H3;3-6H,7H2,1H3;2-5H,1H3;1-3H3;/q;;;-1;+1. The van der Waals surface area contributed by atoms with E-state index >= 15 is 0 Å². The quantitative estimate of drug-likeness (QED) is 0.237. The second-order valence-corrected chi connectivity index (χ2v) is 11.1. The zero-order valence-electron chi connectivity index (χ0n) is 24.8. The molecule has 0 unspecified atom stereocenters. The first-order valence-corrected chi connectivity index (χ1v) is 13.5. The van der Waals surface area contributed by atoms with Crippen molar-refractivity contribution in [2.45, 2.75) is 44.7 Å². The van der Waals surface area contributed by atoms with Crippen LogP contribution in [0, 0.1) is 31.7 Å². The molecule has 0 fully saturated rings. The van der Waals surface area contributed by atoms with Crippen molar-refractivity contribution < 1.29 is 88.0 Å². The number of halogens is 2. The van der Waals surface area contributed by atoms with E-state index in [4.69, 9.17) is 17.9 Å². The number of nitrogens with zero attached hydrogens (tertiary/aromatic N) is 2. The zero-order valence-corrected chi connectivity index (χ0v) is 28.7. The van der Waals surface area contributed by atoms with Crippen molar-refractivity contribution in [2.24, 2.45) is 0 Å². The van der Waals surface area contributed by atoms with Gasteiger partial charge in [0.25, 0.3) is 9.84 Å². The van der Waals surface area contributed by atoms with E-state index in [1.807, 2.05) is 6.92 Å². The molecule has 0 atom stereocenters. The van der Waals surface area contributed by atoms with Gasteiger partial charge in [-0.1, -0.05) is 38.5 Å². The third-order valence-corrected chi connectivity index (χ3v) is 5.86. The Morgan fingerprint density at radius 2 is 1.36 bits per heavy atom. The molecule has 0 saturated heterocycles. The van der Waals surface area contributed by atoms with Crippen LogP contribution in [0.3, 0.4) is 0 Å². The third kappa shape index (κ3) is 18.0. The van der Waals surface area contributed by atoms with Crippen LogP contribution in [-0.4, -0.2) is 40.4 Å². The summed E-state index contributed by atoms with van der Waals surface area (Å²) in [6.07, 6.45) is 0.586. The summed E-state index contributed by atoms with van der Waals surface area (Å²) in [6, 6.07) is 15.0. The molecular formula is C30H33F2KN2O6S. The monoisotopic (exact) mass is 626 g/mol. The van der Waals surface area contributed by atoms with E-state index in [-0.39, 0.29) is 74.3 Å². The number of rotatable bonds is 6. The number of carbonyl (C=O) groups is 1. The average Bonchev–Trinajstić information content (AvgIpc) is 2.89. The average molecular weight is 627 g/mol. The second kappa shape index (κ2) is 21.1. The second-order valence-electron chi connectivity index (χ2n) is 9.12. The molecule has 0 N–H and O–H groups in total. The number of sulfone groups is 1. The van der Waals surface area contributed by atoms with Crippen molar-refractivity contribution in [3.05, 3.63) is 112 Å². The molecule has 0 aliphatic carbocycles. The topological polar surface area (TPSA) is 101 Å². The number of benzene rings is 3. The molecule has 220 valence electrons. The molecule has 0 saturated carbocycles. The van der Waals surface area contributed by atoms with E-state index in [0.717, 1.165) is 11.6 Å². The minimum atomic E-state index is -3.38. The number of hydrogen-bond acceptors (Lipinski definition) is 6. The first kappa shape index (κ1) is 41.5. The van der Waals surface area contributed by atoms with Crippen molar-refractivity contribution in [3.63, 3.8) is 0 Å². The Bertz CT molecular complexity index is 1440. The molecule has 0 aromatic heterocycles. The van der Waals surface area contributed by atoms with Gasteiger partial charge in [0.05, 0.1) is 19.1 Å². The van der Waals surface area contributed by atoms with Crippen LogP contribution in [0.1, 0.15) is 42.3 Å². The van der Waals surface area contributed by atoms with Crippen molar-refractivity contribution >= 4 is 16.1 Å². The van der Waals surface area contributed by atoms with Gasteiger partial charge < -0.3 is 19.4 Å². The van der Waals surface area contributed by atoms with Crippen LogP contribution in [0.15, 0.2) is 65.6 Å². The van der Waals surface area contributed by atoms with Crippen LogP contribution in [-0.2, 0) is 16.4 Å². The van der Waals surface area contributed by atoms with Gasteiger partial charge in [0.15, 0.2) is 23.1 Å². The Hall–Kier alpha value is -2.68. The maximum absolute atomic E-state index is 12.9. The fourth-order valence-corrected chi connectivity index (χ4v) is 3.43. The van der Waals surface area contributed by atoms with Gasteiger partial charge in [-0.25, -0.2) is 30.3 Å². The third-order valence-electron chi connectivity index (χ3n) is 4.40. The maximum atomic E-state index is 12.9. The predicted octanol–water partition coefficient (Wildman–Crippen LogP) is 2.70. The SMILES string of the molecule is CC(C)(C)[O-].COc1ccc(C=O)cc1F.[C-]#[N+]CS(=O)(=O)c1ccc(C)cc1.[C-]#[N+]Cc1ccc(OC)c(F)c1.[K+]. The Morgan fingerprint density at radius 3 is 1.74 bits per heavy atom. The van der Waals surface area contributed by atoms with Crippen molar-refractivity contribution in [2.75, 3.05) is 20.1 Å². The summed E-state index contributed by atoms with van der Waals surface area (Å²) in [5.74, 6) is -1.05. The van der Waals surface area contributed by atoms with Crippen LogP contribution in [0.5, 0.6) is 11.5 Å². The van der Waals surface area contributed by atoms with E-state index in [1.54, 1.807) is 39.0 Å². The van der Waals surface area contributed by atoms with Crippen molar-refractivity contribution in [3.8, 4) is 11.5 Å². The molecule has 3 rings (SSSR count). The largest absolute Gasteiger partial charge is 1.00 e. The van der Waals surface area contributed by atoms with Gasteiger partial charge in [-0.05, 0) is 55.5 Å².